The molecular weight excluding hydrogens is 250 g/mol. The molecule has 0 aromatic carbocycles. The number of rotatable bonds is 5. The SMILES string of the molecule is N#C[C@H](NC(=O)CCc1ccccn1)C1CCCCC1. The molecular formula is C16H21N3O. The first-order valence-electron chi connectivity index (χ1n) is 7.38. The van der Waals surface area contributed by atoms with Gasteiger partial charge in [0.15, 0.2) is 0 Å². The molecule has 0 spiro atoms. The number of pyridine rings is 1. The first-order chi connectivity index (χ1) is 9.79. The monoisotopic (exact) mass is 271 g/mol. The minimum atomic E-state index is -0.327. The van der Waals surface area contributed by atoms with Gasteiger partial charge >= 0.3 is 0 Å². The highest BCUT2D eigenvalue weighted by Gasteiger charge is 2.24. The summed E-state index contributed by atoms with van der Waals surface area (Å²) in [6.45, 7) is 0. The molecule has 1 amide bonds. The molecule has 0 radical (unpaired) electrons. The zero-order valence-corrected chi connectivity index (χ0v) is 11.7. The van der Waals surface area contributed by atoms with Gasteiger partial charge in [0, 0.05) is 18.3 Å². The molecule has 1 fully saturated rings. The summed E-state index contributed by atoms with van der Waals surface area (Å²) in [7, 11) is 0. The van der Waals surface area contributed by atoms with Gasteiger partial charge in [-0.1, -0.05) is 25.3 Å². The number of carbonyl (C=O) groups excluding carboxylic acids is 1. The number of amides is 1. The van der Waals surface area contributed by atoms with Crippen LogP contribution in [0, 0.1) is 17.2 Å². The van der Waals surface area contributed by atoms with Gasteiger partial charge in [-0.15, -0.1) is 0 Å². The Balaban J connectivity index is 1.79. The van der Waals surface area contributed by atoms with Gasteiger partial charge in [0.05, 0.1) is 6.07 Å². The average Bonchev–Trinajstić information content (AvgIpc) is 2.52. The molecule has 1 aromatic heterocycles. The van der Waals surface area contributed by atoms with Gasteiger partial charge < -0.3 is 5.32 Å². The number of hydrogen-bond acceptors (Lipinski definition) is 3. The first-order valence-corrected chi connectivity index (χ1v) is 7.38. The van der Waals surface area contributed by atoms with E-state index in [1.165, 1.54) is 19.3 Å². The van der Waals surface area contributed by atoms with E-state index in [0.717, 1.165) is 18.5 Å². The third kappa shape index (κ3) is 4.34. The van der Waals surface area contributed by atoms with Crippen molar-refractivity contribution in [1.29, 1.82) is 5.26 Å². The predicted molar refractivity (Wildman–Crippen MR) is 76.7 cm³/mol. The molecule has 4 heteroatoms. The second-order valence-corrected chi connectivity index (χ2v) is 5.39. The standard InChI is InChI=1S/C16H21N3O/c17-12-15(13-6-2-1-3-7-13)19-16(20)10-9-14-8-4-5-11-18-14/h4-5,8,11,13,15H,1-3,6-7,9-10H2,(H,19,20)/t15-/m0/s1. The lowest BCUT2D eigenvalue weighted by atomic mass is 9.84. The summed E-state index contributed by atoms with van der Waals surface area (Å²) >= 11 is 0. The quantitative estimate of drug-likeness (QED) is 0.895. The van der Waals surface area contributed by atoms with Crippen LogP contribution in [0.2, 0.25) is 0 Å². The summed E-state index contributed by atoms with van der Waals surface area (Å²) in [5.41, 5.74) is 0.911. The molecule has 1 saturated carbocycles. The lowest BCUT2D eigenvalue weighted by Gasteiger charge is -2.26. The van der Waals surface area contributed by atoms with Crippen molar-refractivity contribution >= 4 is 5.91 Å². The van der Waals surface area contributed by atoms with Gasteiger partial charge in [-0.25, -0.2) is 0 Å². The van der Waals surface area contributed by atoms with Crippen molar-refractivity contribution in [1.82, 2.24) is 10.3 Å². The van der Waals surface area contributed by atoms with Crippen LogP contribution in [0.25, 0.3) is 0 Å². The highest BCUT2D eigenvalue weighted by atomic mass is 16.1. The van der Waals surface area contributed by atoms with Gasteiger partial charge in [0.25, 0.3) is 0 Å². The summed E-state index contributed by atoms with van der Waals surface area (Å²) < 4.78 is 0. The van der Waals surface area contributed by atoms with E-state index in [-0.39, 0.29) is 11.9 Å². The number of nitrogens with one attached hydrogen (secondary N) is 1. The minimum Gasteiger partial charge on any atom is -0.340 e. The molecule has 2 rings (SSSR count). The van der Waals surface area contributed by atoms with E-state index in [9.17, 15) is 10.1 Å². The fourth-order valence-electron chi connectivity index (χ4n) is 2.76. The maximum absolute atomic E-state index is 11.9. The Morgan fingerprint density at radius 3 is 2.85 bits per heavy atom. The number of aromatic nitrogens is 1. The topological polar surface area (TPSA) is 65.8 Å². The normalized spacial score (nSPS) is 17.1. The largest absolute Gasteiger partial charge is 0.340 e. The van der Waals surface area contributed by atoms with Gasteiger partial charge in [-0.2, -0.15) is 5.26 Å². The van der Waals surface area contributed by atoms with Gasteiger partial charge in [-0.05, 0) is 37.3 Å². The number of carbonyl (C=O) groups is 1. The Morgan fingerprint density at radius 1 is 1.40 bits per heavy atom. The molecule has 4 nitrogen and oxygen atoms in total. The van der Waals surface area contributed by atoms with Crippen LogP contribution in [0.1, 0.15) is 44.2 Å². The molecule has 1 atom stereocenters. The Labute approximate surface area is 120 Å². The highest BCUT2D eigenvalue weighted by Crippen LogP contribution is 2.26. The molecule has 1 heterocycles. The molecule has 1 aliphatic rings. The number of aryl methyl sites for hydroxylation is 1. The number of nitriles is 1. The van der Waals surface area contributed by atoms with E-state index < -0.39 is 0 Å². The maximum Gasteiger partial charge on any atom is 0.221 e. The summed E-state index contributed by atoms with van der Waals surface area (Å²) in [5, 5.41) is 12.1. The lowest BCUT2D eigenvalue weighted by molar-refractivity contribution is -0.121. The Hall–Kier alpha value is -1.89. The van der Waals surface area contributed by atoms with Gasteiger partial charge in [0.1, 0.15) is 6.04 Å². The molecule has 0 unspecified atom stereocenters. The van der Waals surface area contributed by atoms with Crippen LogP contribution in [0.4, 0.5) is 0 Å². The lowest BCUT2D eigenvalue weighted by Crippen LogP contribution is -2.40. The van der Waals surface area contributed by atoms with Crippen LogP contribution in [0.5, 0.6) is 0 Å². The zero-order chi connectivity index (χ0) is 14.2. The molecule has 0 saturated heterocycles. The molecule has 0 bridgehead atoms. The van der Waals surface area contributed by atoms with Crippen LogP contribution < -0.4 is 5.32 Å². The Morgan fingerprint density at radius 2 is 2.20 bits per heavy atom. The van der Waals surface area contributed by atoms with Crippen molar-refractivity contribution in [3.63, 3.8) is 0 Å². The summed E-state index contributed by atoms with van der Waals surface area (Å²) in [6, 6.07) is 7.62. The van der Waals surface area contributed by atoms with E-state index >= 15 is 0 Å². The summed E-state index contributed by atoms with van der Waals surface area (Å²) in [5.74, 6) is 0.278. The van der Waals surface area contributed by atoms with Crippen LogP contribution in [0.3, 0.4) is 0 Å². The molecule has 20 heavy (non-hydrogen) atoms. The molecule has 0 aliphatic heterocycles. The van der Waals surface area contributed by atoms with Crippen molar-refractivity contribution in [2.45, 2.75) is 51.0 Å². The summed E-state index contributed by atoms with van der Waals surface area (Å²) in [6.07, 6.45) is 8.45. The second kappa shape index (κ2) is 7.64. The van der Waals surface area contributed by atoms with E-state index in [4.69, 9.17) is 0 Å². The van der Waals surface area contributed by atoms with E-state index in [1.807, 2.05) is 18.2 Å². The zero-order valence-electron chi connectivity index (χ0n) is 11.7. The van der Waals surface area contributed by atoms with Gasteiger partial charge in [-0.3, -0.25) is 9.78 Å². The number of hydrogen-bond donors (Lipinski definition) is 1. The van der Waals surface area contributed by atoms with Crippen LogP contribution in [-0.4, -0.2) is 16.9 Å². The average molecular weight is 271 g/mol. The fraction of sp³-hybridized carbons (Fsp3) is 0.562. The predicted octanol–water partition coefficient (Wildman–Crippen LogP) is 2.60. The summed E-state index contributed by atoms with van der Waals surface area (Å²) in [4.78, 5) is 16.1. The van der Waals surface area contributed by atoms with Crippen molar-refractivity contribution in [2.24, 2.45) is 5.92 Å². The molecule has 1 aliphatic carbocycles. The smallest absolute Gasteiger partial charge is 0.221 e. The van der Waals surface area contributed by atoms with Gasteiger partial charge in [0.2, 0.25) is 5.91 Å². The molecule has 1 N–H and O–H groups in total. The van der Waals surface area contributed by atoms with E-state index in [1.54, 1.807) is 6.20 Å². The van der Waals surface area contributed by atoms with Crippen LogP contribution in [-0.2, 0) is 11.2 Å². The minimum absolute atomic E-state index is 0.0484. The van der Waals surface area contributed by atoms with Crippen LogP contribution >= 0.6 is 0 Å². The Bertz CT molecular complexity index is 460. The van der Waals surface area contributed by atoms with E-state index in [2.05, 4.69) is 16.4 Å². The van der Waals surface area contributed by atoms with Crippen molar-refractivity contribution < 1.29 is 4.79 Å². The molecule has 1 aromatic rings. The fourth-order valence-corrected chi connectivity index (χ4v) is 2.76. The first kappa shape index (κ1) is 14.5. The number of nitrogens with zero attached hydrogens (tertiary/aromatic N) is 2. The maximum atomic E-state index is 11.9. The van der Waals surface area contributed by atoms with E-state index in [0.29, 0.717) is 18.8 Å². The van der Waals surface area contributed by atoms with Crippen LogP contribution in [0.15, 0.2) is 24.4 Å². The highest BCUT2D eigenvalue weighted by molar-refractivity contribution is 5.76. The third-order valence-corrected chi connectivity index (χ3v) is 3.91. The van der Waals surface area contributed by atoms with Crippen molar-refractivity contribution in [2.75, 3.05) is 0 Å². The molecule has 106 valence electrons. The third-order valence-electron chi connectivity index (χ3n) is 3.91. The van der Waals surface area contributed by atoms with Crippen molar-refractivity contribution in [3.8, 4) is 6.07 Å². The van der Waals surface area contributed by atoms with Crippen molar-refractivity contribution in [3.05, 3.63) is 30.1 Å². The Kier molecular flexibility index (Phi) is 5.55. The second-order valence-electron chi connectivity index (χ2n) is 5.39.